The Hall–Kier alpha value is -0.700. The second-order valence-electron chi connectivity index (χ2n) is 4.88. The lowest BCUT2D eigenvalue weighted by Gasteiger charge is -2.01. The van der Waals surface area contributed by atoms with E-state index in [2.05, 4.69) is 32.3 Å². The quantitative estimate of drug-likeness (QED) is 0.327. The minimum absolute atomic E-state index is 1.01. The van der Waals surface area contributed by atoms with Gasteiger partial charge in [0.15, 0.2) is 0 Å². The second-order valence-corrected chi connectivity index (χ2v) is 4.88. The third kappa shape index (κ3) is 13.2. The summed E-state index contributed by atoms with van der Waals surface area (Å²) in [5.74, 6) is 6.32. The average Bonchev–Trinajstić information content (AvgIpc) is 2.33. The molecule has 0 rings (SSSR count). The molecule has 0 heteroatoms. The molecule has 0 aliphatic carbocycles. The first-order valence-corrected chi connectivity index (χ1v) is 7.47. The predicted octanol–water partition coefficient (Wildman–Crippen LogP) is 5.88. The molecule has 0 aromatic rings. The van der Waals surface area contributed by atoms with Crippen LogP contribution in [0.3, 0.4) is 0 Å². The zero-order valence-electron chi connectivity index (χ0n) is 12.0. The normalized spacial score (nSPS) is 9.76. The van der Waals surface area contributed by atoms with E-state index >= 15 is 0 Å². The van der Waals surface area contributed by atoms with E-state index in [0.29, 0.717) is 0 Å². The van der Waals surface area contributed by atoms with Crippen LogP contribution >= 0.6 is 0 Å². The Morgan fingerprint density at radius 2 is 1.41 bits per heavy atom. The Morgan fingerprint density at radius 1 is 0.824 bits per heavy atom. The molecule has 0 N–H and O–H groups in total. The smallest absolute Gasteiger partial charge is 0.00897 e. The summed E-state index contributed by atoms with van der Waals surface area (Å²) in [6.45, 7) is 8.44. The van der Waals surface area contributed by atoms with Gasteiger partial charge in [-0.15, -0.1) is 0 Å². The van der Waals surface area contributed by atoms with Crippen molar-refractivity contribution in [2.45, 2.75) is 84.5 Å². The Balaban J connectivity index is 3.23. The van der Waals surface area contributed by atoms with Crippen LogP contribution in [0.25, 0.3) is 0 Å². The summed E-state index contributed by atoms with van der Waals surface area (Å²) in [7, 11) is 0. The molecule has 0 aromatic heterocycles. The van der Waals surface area contributed by atoms with E-state index in [9.17, 15) is 0 Å². The summed E-state index contributed by atoms with van der Waals surface area (Å²) in [6, 6.07) is 0. The fourth-order valence-electron chi connectivity index (χ4n) is 1.85. The van der Waals surface area contributed by atoms with Crippen LogP contribution in [0.4, 0.5) is 0 Å². The van der Waals surface area contributed by atoms with Gasteiger partial charge in [0.1, 0.15) is 0 Å². The molecule has 0 atom stereocenters. The summed E-state index contributed by atoms with van der Waals surface area (Å²) >= 11 is 0. The van der Waals surface area contributed by atoms with Crippen LogP contribution in [-0.4, -0.2) is 0 Å². The van der Waals surface area contributed by atoms with Gasteiger partial charge >= 0.3 is 0 Å². The summed E-state index contributed by atoms with van der Waals surface area (Å²) in [5, 5.41) is 0. The molecule has 0 radical (unpaired) electrons. The van der Waals surface area contributed by atoms with E-state index in [0.717, 1.165) is 24.8 Å². The SMILES string of the molecule is C=C(C#CCCC)CCCCCCCCCC. The van der Waals surface area contributed by atoms with Gasteiger partial charge in [-0.2, -0.15) is 0 Å². The number of hydrogen-bond donors (Lipinski definition) is 0. The highest BCUT2D eigenvalue weighted by molar-refractivity contribution is 5.25. The van der Waals surface area contributed by atoms with Gasteiger partial charge in [-0.1, -0.05) is 77.2 Å². The van der Waals surface area contributed by atoms with Crippen LogP contribution in [0.1, 0.15) is 84.5 Å². The topological polar surface area (TPSA) is 0 Å². The monoisotopic (exact) mass is 234 g/mol. The average molecular weight is 234 g/mol. The van der Waals surface area contributed by atoms with Gasteiger partial charge in [0.05, 0.1) is 0 Å². The zero-order valence-corrected chi connectivity index (χ0v) is 12.0. The molecule has 0 aliphatic rings. The molecule has 0 spiro atoms. The minimum Gasteiger partial charge on any atom is -0.0983 e. The number of allylic oxidation sites excluding steroid dienone is 1. The van der Waals surface area contributed by atoms with Crippen molar-refractivity contribution in [3.8, 4) is 11.8 Å². The van der Waals surface area contributed by atoms with Gasteiger partial charge in [-0.05, 0) is 24.8 Å². The molecule has 0 aliphatic heterocycles. The van der Waals surface area contributed by atoms with Gasteiger partial charge in [0.25, 0.3) is 0 Å². The third-order valence-electron chi connectivity index (χ3n) is 2.97. The largest absolute Gasteiger partial charge is 0.0983 e. The molecule has 0 saturated heterocycles. The fraction of sp³-hybridized carbons (Fsp3) is 0.765. The molecule has 0 bridgehead atoms. The zero-order chi connectivity index (χ0) is 12.8. The maximum Gasteiger partial charge on any atom is 0.00897 e. The Morgan fingerprint density at radius 3 is 2.00 bits per heavy atom. The molecule has 0 amide bonds. The first-order valence-electron chi connectivity index (χ1n) is 7.47. The van der Waals surface area contributed by atoms with E-state index in [4.69, 9.17) is 0 Å². The van der Waals surface area contributed by atoms with Crippen molar-refractivity contribution < 1.29 is 0 Å². The molecule has 0 aromatic carbocycles. The maximum atomic E-state index is 4.01. The van der Waals surface area contributed by atoms with Gasteiger partial charge in [0.2, 0.25) is 0 Å². The summed E-state index contributed by atoms with van der Waals surface area (Å²) < 4.78 is 0. The Labute approximate surface area is 109 Å². The molecule has 0 saturated carbocycles. The highest BCUT2D eigenvalue weighted by Crippen LogP contribution is 2.11. The first kappa shape index (κ1) is 16.3. The van der Waals surface area contributed by atoms with E-state index in [1.54, 1.807) is 0 Å². The highest BCUT2D eigenvalue weighted by atomic mass is 14.0. The first-order chi connectivity index (χ1) is 8.31. The number of unbranched alkanes of at least 4 members (excludes halogenated alkanes) is 8. The minimum atomic E-state index is 1.01. The Bertz CT molecular complexity index is 226. The van der Waals surface area contributed by atoms with Crippen molar-refractivity contribution in [3.05, 3.63) is 12.2 Å². The summed E-state index contributed by atoms with van der Waals surface area (Å²) in [4.78, 5) is 0. The van der Waals surface area contributed by atoms with Crippen molar-refractivity contribution in [3.63, 3.8) is 0 Å². The lowest BCUT2D eigenvalue weighted by molar-refractivity contribution is 0.576. The van der Waals surface area contributed by atoms with Crippen molar-refractivity contribution >= 4 is 0 Å². The molecule has 0 nitrogen and oxygen atoms in total. The third-order valence-corrected chi connectivity index (χ3v) is 2.97. The van der Waals surface area contributed by atoms with E-state index < -0.39 is 0 Å². The fourth-order valence-corrected chi connectivity index (χ4v) is 1.85. The van der Waals surface area contributed by atoms with Crippen molar-refractivity contribution in [2.75, 3.05) is 0 Å². The Kier molecular flexibility index (Phi) is 12.8. The molecule has 0 fully saturated rings. The van der Waals surface area contributed by atoms with Gasteiger partial charge in [-0.3, -0.25) is 0 Å². The van der Waals surface area contributed by atoms with Gasteiger partial charge in [0, 0.05) is 6.42 Å². The summed E-state index contributed by atoms with van der Waals surface area (Å²) in [6.07, 6.45) is 14.3. The van der Waals surface area contributed by atoms with Gasteiger partial charge < -0.3 is 0 Å². The maximum absolute atomic E-state index is 4.01. The molecule has 0 heterocycles. The van der Waals surface area contributed by atoms with Crippen molar-refractivity contribution in [1.29, 1.82) is 0 Å². The predicted molar refractivity (Wildman–Crippen MR) is 79.1 cm³/mol. The molecule has 98 valence electrons. The lowest BCUT2D eigenvalue weighted by atomic mass is 10.1. The van der Waals surface area contributed by atoms with Crippen LogP contribution in [0, 0.1) is 11.8 Å². The van der Waals surface area contributed by atoms with Crippen LogP contribution < -0.4 is 0 Å². The highest BCUT2D eigenvalue weighted by Gasteiger charge is 1.93. The van der Waals surface area contributed by atoms with E-state index in [1.807, 2.05) is 0 Å². The van der Waals surface area contributed by atoms with Crippen molar-refractivity contribution in [2.24, 2.45) is 0 Å². The lowest BCUT2D eigenvalue weighted by Crippen LogP contribution is -1.82. The molecular weight excluding hydrogens is 204 g/mol. The molecular formula is C17H30. The van der Waals surface area contributed by atoms with Crippen LogP contribution in [0.2, 0.25) is 0 Å². The van der Waals surface area contributed by atoms with Crippen molar-refractivity contribution in [1.82, 2.24) is 0 Å². The number of rotatable bonds is 10. The summed E-state index contributed by atoms with van der Waals surface area (Å²) in [5.41, 5.74) is 1.13. The standard InChI is InChI=1S/C17H30/c1-4-6-8-9-10-11-12-14-16-17(3)15-13-7-5-2/h3-12,14,16H2,1-2H3. The molecule has 0 unspecified atom stereocenters. The van der Waals surface area contributed by atoms with Crippen LogP contribution in [-0.2, 0) is 0 Å². The second kappa shape index (κ2) is 13.4. The van der Waals surface area contributed by atoms with Crippen LogP contribution in [0.15, 0.2) is 12.2 Å². The number of hydrogen-bond acceptors (Lipinski definition) is 0. The van der Waals surface area contributed by atoms with E-state index in [-0.39, 0.29) is 0 Å². The van der Waals surface area contributed by atoms with Gasteiger partial charge in [-0.25, -0.2) is 0 Å². The van der Waals surface area contributed by atoms with E-state index in [1.165, 1.54) is 51.4 Å². The molecule has 17 heavy (non-hydrogen) atoms. The van der Waals surface area contributed by atoms with Crippen LogP contribution in [0.5, 0.6) is 0 Å².